The summed E-state index contributed by atoms with van der Waals surface area (Å²) in [6, 6.07) is 11.6. The molecular weight excluding hydrogens is 456 g/mol. The van der Waals surface area contributed by atoms with Crippen molar-refractivity contribution in [2.45, 2.75) is 38.1 Å². The van der Waals surface area contributed by atoms with Gasteiger partial charge in [0.25, 0.3) is 11.4 Å². The summed E-state index contributed by atoms with van der Waals surface area (Å²) in [6.45, 7) is 0. The van der Waals surface area contributed by atoms with Crippen LogP contribution in [0.25, 0.3) is 6.08 Å². The largest absolute Gasteiger partial charge is 0.481 e. The van der Waals surface area contributed by atoms with Gasteiger partial charge in [-0.15, -0.1) is 0 Å². The lowest BCUT2D eigenvalue weighted by atomic mass is 9.77. The molecule has 1 heterocycles. The van der Waals surface area contributed by atoms with Crippen molar-refractivity contribution in [2.75, 3.05) is 0 Å². The Labute approximate surface area is 199 Å². The number of carbonyl (C=O) groups excluding carboxylic acids is 1. The van der Waals surface area contributed by atoms with Crippen molar-refractivity contribution >= 4 is 35.0 Å². The van der Waals surface area contributed by atoms with E-state index in [0.29, 0.717) is 17.7 Å². The molecule has 11 heteroatoms. The number of hydrogen-bond donors (Lipinski definition) is 1. The molecule has 2 aromatic rings. The van der Waals surface area contributed by atoms with Crippen molar-refractivity contribution in [3.05, 3.63) is 85.5 Å². The average molecular weight is 478 g/mol. The normalized spacial score (nSPS) is 20.3. The number of allylic oxidation sites excluding steroid dienone is 1. The number of rotatable bonds is 7. The van der Waals surface area contributed by atoms with Gasteiger partial charge in [-0.2, -0.15) is 5.10 Å². The molecular formula is C24H22N4O7. The van der Waals surface area contributed by atoms with Crippen molar-refractivity contribution in [3.63, 3.8) is 0 Å². The fourth-order valence-corrected chi connectivity index (χ4v) is 4.56. The highest BCUT2D eigenvalue weighted by molar-refractivity contribution is 6.08. The lowest BCUT2D eigenvalue weighted by molar-refractivity contribution is -0.385. The highest BCUT2D eigenvalue weighted by atomic mass is 16.6. The van der Waals surface area contributed by atoms with Crippen LogP contribution in [0.2, 0.25) is 0 Å². The molecule has 4 rings (SSSR count). The summed E-state index contributed by atoms with van der Waals surface area (Å²) in [4.78, 5) is 45.0. The summed E-state index contributed by atoms with van der Waals surface area (Å²) in [7, 11) is 0. The molecule has 180 valence electrons. The standard InChI is InChI=1S/C24H22N4O7/c29-21(12-13-22(30)31)26-24(16-6-10-19(11-7-16)28(34)35)20-3-1-2-17(23(20)25-26)14-15-4-8-18(9-5-15)27(32)33/h4-11,14,20,24H,1-3,12-13H2,(H,30,31)/b17-14+. The van der Waals surface area contributed by atoms with Crippen LogP contribution in [-0.2, 0) is 9.59 Å². The number of nitro groups is 2. The summed E-state index contributed by atoms with van der Waals surface area (Å²) in [5, 5.41) is 37.0. The predicted molar refractivity (Wildman–Crippen MR) is 125 cm³/mol. The second kappa shape index (κ2) is 9.84. The number of carboxylic acids is 1. The molecule has 0 spiro atoms. The number of benzene rings is 2. The van der Waals surface area contributed by atoms with E-state index in [1.807, 2.05) is 6.08 Å². The van der Waals surface area contributed by atoms with Gasteiger partial charge in [-0.05, 0) is 54.2 Å². The van der Waals surface area contributed by atoms with Gasteiger partial charge in [0.2, 0.25) is 5.91 Å². The van der Waals surface area contributed by atoms with E-state index in [1.165, 1.54) is 29.3 Å². The Hall–Kier alpha value is -4.41. The van der Waals surface area contributed by atoms with Gasteiger partial charge >= 0.3 is 5.97 Å². The number of fused-ring (bicyclic) bond motifs is 1. The molecule has 1 amide bonds. The number of aliphatic carboxylic acids is 1. The molecule has 1 N–H and O–H groups in total. The topological polar surface area (TPSA) is 156 Å². The molecule has 2 aromatic carbocycles. The molecule has 0 aromatic heterocycles. The molecule has 35 heavy (non-hydrogen) atoms. The van der Waals surface area contributed by atoms with Crippen molar-refractivity contribution in [2.24, 2.45) is 11.0 Å². The van der Waals surface area contributed by atoms with Gasteiger partial charge in [0, 0.05) is 36.6 Å². The van der Waals surface area contributed by atoms with Crippen LogP contribution in [0.5, 0.6) is 0 Å². The van der Waals surface area contributed by atoms with E-state index in [2.05, 4.69) is 5.10 Å². The van der Waals surface area contributed by atoms with Gasteiger partial charge in [-0.1, -0.05) is 12.1 Å². The Balaban J connectivity index is 1.69. The van der Waals surface area contributed by atoms with Gasteiger partial charge in [0.1, 0.15) is 0 Å². The third-order valence-electron chi connectivity index (χ3n) is 6.20. The van der Waals surface area contributed by atoms with Gasteiger partial charge in [0.15, 0.2) is 0 Å². The number of nitrogens with zero attached hydrogens (tertiary/aromatic N) is 4. The van der Waals surface area contributed by atoms with Gasteiger partial charge in [0.05, 0.1) is 28.0 Å². The summed E-state index contributed by atoms with van der Waals surface area (Å²) < 4.78 is 0. The fourth-order valence-electron chi connectivity index (χ4n) is 4.56. The number of non-ortho nitro benzene ring substituents is 2. The van der Waals surface area contributed by atoms with E-state index in [4.69, 9.17) is 5.11 Å². The number of hydrazone groups is 1. The number of carbonyl (C=O) groups is 2. The molecule has 2 unspecified atom stereocenters. The van der Waals surface area contributed by atoms with Crippen LogP contribution in [0, 0.1) is 26.1 Å². The summed E-state index contributed by atoms with van der Waals surface area (Å²) in [5.41, 5.74) is 2.97. The van der Waals surface area contributed by atoms with Crippen molar-refractivity contribution in [3.8, 4) is 0 Å². The Morgan fingerprint density at radius 3 is 2.17 bits per heavy atom. The van der Waals surface area contributed by atoms with Gasteiger partial charge in [-0.3, -0.25) is 29.8 Å². The minimum absolute atomic E-state index is 0.0136. The molecule has 11 nitrogen and oxygen atoms in total. The van der Waals surface area contributed by atoms with E-state index >= 15 is 0 Å². The maximum Gasteiger partial charge on any atom is 0.303 e. The first-order valence-electron chi connectivity index (χ1n) is 11.1. The van der Waals surface area contributed by atoms with Crippen LogP contribution in [0.15, 0.2) is 59.2 Å². The Kier molecular flexibility index (Phi) is 6.67. The first-order valence-corrected chi connectivity index (χ1v) is 11.1. The number of carboxylic acid groups (broad SMARTS) is 1. The first-order chi connectivity index (χ1) is 16.7. The van der Waals surface area contributed by atoms with E-state index in [9.17, 15) is 29.8 Å². The van der Waals surface area contributed by atoms with Crippen LogP contribution >= 0.6 is 0 Å². The summed E-state index contributed by atoms with van der Waals surface area (Å²) in [5.74, 6) is -1.69. The molecule has 0 saturated heterocycles. The van der Waals surface area contributed by atoms with E-state index in [0.717, 1.165) is 24.0 Å². The van der Waals surface area contributed by atoms with Crippen LogP contribution in [0.1, 0.15) is 49.3 Å². The van der Waals surface area contributed by atoms with Crippen molar-refractivity contribution in [1.82, 2.24) is 5.01 Å². The van der Waals surface area contributed by atoms with Gasteiger partial charge < -0.3 is 5.11 Å². The lowest BCUT2D eigenvalue weighted by Gasteiger charge is -2.29. The van der Waals surface area contributed by atoms with E-state index in [1.54, 1.807) is 24.3 Å². The molecule has 2 atom stereocenters. The maximum atomic E-state index is 13.0. The molecule has 1 saturated carbocycles. The zero-order chi connectivity index (χ0) is 25.1. The third-order valence-corrected chi connectivity index (χ3v) is 6.20. The molecule has 1 aliphatic carbocycles. The zero-order valence-electron chi connectivity index (χ0n) is 18.6. The number of hydrogen-bond acceptors (Lipinski definition) is 7. The summed E-state index contributed by atoms with van der Waals surface area (Å²) in [6.07, 6.45) is 3.61. The third kappa shape index (κ3) is 5.08. The Bertz CT molecular complexity index is 1240. The minimum Gasteiger partial charge on any atom is -0.481 e. The number of amides is 1. The van der Waals surface area contributed by atoms with Crippen LogP contribution in [0.3, 0.4) is 0 Å². The molecule has 0 bridgehead atoms. The highest BCUT2D eigenvalue weighted by Crippen LogP contribution is 2.45. The van der Waals surface area contributed by atoms with Crippen LogP contribution in [-0.4, -0.2) is 37.6 Å². The smallest absolute Gasteiger partial charge is 0.303 e. The van der Waals surface area contributed by atoms with Crippen molar-refractivity contribution < 1.29 is 24.5 Å². The molecule has 2 aliphatic rings. The fraction of sp³-hybridized carbons (Fsp3) is 0.292. The molecule has 1 fully saturated rings. The Morgan fingerprint density at radius 2 is 1.60 bits per heavy atom. The maximum absolute atomic E-state index is 13.0. The van der Waals surface area contributed by atoms with Crippen molar-refractivity contribution in [1.29, 1.82) is 0 Å². The monoisotopic (exact) mass is 478 g/mol. The highest BCUT2D eigenvalue weighted by Gasteiger charge is 2.43. The average Bonchev–Trinajstić information content (AvgIpc) is 3.23. The predicted octanol–water partition coefficient (Wildman–Crippen LogP) is 4.49. The first kappa shape index (κ1) is 23.7. The van der Waals surface area contributed by atoms with Gasteiger partial charge in [-0.25, -0.2) is 5.01 Å². The Morgan fingerprint density at radius 1 is 1.00 bits per heavy atom. The van der Waals surface area contributed by atoms with Crippen LogP contribution < -0.4 is 0 Å². The lowest BCUT2D eigenvalue weighted by Crippen LogP contribution is -2.32. The summed E-state index contributed by atoms with van der Waals surface area (Å²) >= 11 is 0. The quantitative estimate of drug-likeness (QED) is 0.454. The van der Waals surface area contributed by atoms with Crippen LogP contribution in [0.4, 0.5) is 11.4 Å². The van der Waals surface area contributed by atoms with E-state index < -0.39 is 27.8 Å². The SMILES string of the molecule is O=C(O)CCC(=O)N1N=C2/C(=C/c3ccc([N+](=O)[O-])cc3)CCCC2C1c1ccc([N+](=O)[O-])cc1. The molecule has 1 aliphatic heterocycles. The molecule has 0 radical (unpaired) electrons. The number of nitro benzene ring substituents is 2. The van der Waals surface area contributed by atoms with E-state index in [-0.39, 0.29) is 30.1 Å². The minimum atomic E-state index is -1.09. The zero-order valence-corrected chi connectivity index (χ0v) is 18.6. The second-order valence-corrected chi connectivity index (χ2v) is 8.43. The second-order valence-electron chi connectivity index (χ2n) is 8.43.